The molecular formula is C21H24N4O. The van der Waals surface area contributed by atoms with Gasteiger partial charge in [-0.1, -0.05) is 36.4 Å². The highest BCUT2D eigenvalue weighted by atomic mass is 16.1. The van der Waals surface area contributed by atoms with E-state index in [-0.39, 0.29) is 5.43 Å². The number of para-hydroxylation sites is 1. The number of fused-ring (bicyclic) bond motifs is 1. The molecule has 2 heterocycles. The van der Waals surface area contributed by atoms with Crippen molar-refractivity contribution in [3.8, 4) is 0 Å². The van der Waals surface area contributed by atoms with E-state index in [1.54, 1.807) is 0 Å². The minimum absolute atomic E-state index is 0.0140. The molecule has 3 aromatic rings. The maximum Gasteiger partial charge on any atom is 0.207 e. The summed E-state index contributed by atoms with van der Waals surface area (Å²) >= 11 is 0. The summed E-state index contributed by atoms with van der Waals surface area (Å²) in [5.41, 5.74) is 3.66. The number of hydrogen-bond acceptors (Lipinski definition) is 4. The third-order valence-electron chi connectivity index (χ3n) is 5.22. The highest BCUT2D eigenvalue weighted by Crippen LogP contribution is 2.14. The van der Waals surface area contributed by atoms with Crippen LogP contribution in [0.3, 0.4) is 0 Å². The summed E-state index contributed by atoms with van der Waals surface area (Å²) in [5, 5.41) is 5.08. The van der Waals surface area contributed by atoms with Gasteiger partial charge in [0, 0.05) is 38.1 Å². The SMILES string of the molecule is Cc1ccccc1CN1CCN(Cn2ncc(=O)c3ccccc32)CC1. The molecule has 1 fully saturated rings. The second-order valence-corrected chi connectivity index (χ2v) is 6.99. The molecule has 0 aliphatic carbocycles. The Morgan fingerprint density at radius 1 is 0.923 bits per heavy atom. The largest absolute Gasteiger partial charge is 0.297 e. The van der Waals surface area contributed by atoms with Crippen LogP contribution >= 0.6 is 0 Å². The summed E-state index contributed by atoms with van der Waals surface area (Å²) in [4.78, 5) is 16.9. The lowest BCUT2D eigenvalue weighted by Crippen LogP contribution is -2.46. The van der Waals surface area contributed by atoms with Crippen molar-refractivity contribution in [3.05, 3.63) is 76.1 Å². The maximum atomic E-state index is 12.0. The van der Waals surface area contributed by atoms with Crippen LogP contribution in [0.4, 0.5) is 0 Å². The van der Waals surface area contributed by atoms with Crippen LogP contribution in [0.1, 0.15) is 11.1 Å². The number of nitrogens with zero attached hydrogens (tertiary/aromatic N) is 4. The van der Waals surface area contributed by atoms with Gasteiger partial charge >= 0.3 is 0 Å². The Labute approximate surface area is 153 Å². The lowest BCUT2D eigenvalue weighted by Gasteiger charge is -2.35. The van der Waals surface area contributed by atoms with Crippen molar-refractivity contribution in [2.45, 2.75) is 20.1 Å². The number of aryl methyl sites for hydroxylation is 1. The van der Waals surface area contributed by atoms with Crippen molar-refractivity contribution in [2.24, 2.45) is 0 Å². The summed E-state index contributed by atoms with van der Waals surface area (Å²) in [7, 11) is 0. The van der Waals surface area contributed by atoms with E-state index in [2.05, 4.69) is 46.1 Å². The van der Waals surface area contributed by atoms with Crippen LogP contribution in [0.25, 0.3) is 10.9 Å². The molecule has 0 amide bonds. The average molecular weight is 348 g/mol. The second-order valence-electron chi connectivity index (χ2n) is 6.99. The molecular weight excluding hydrogens is 324 g/mol. The van der Waals surface area contributed by atoms with Gasteiger partial charge in [-0.15, -0.1) is 0 Å². The molecule has 4 rings (SSSR count). The van der Waals surface area contributed by atoms with Crippen LogP contribution in [0.15, 0.2) is 59.5 Å². The normalized spacial score (nSPS) is 16.2. The summed E-state index contributed by atoms with van der Waals surface area (Å²) in [6, 6.07) is 16.3. The molecule has 0 N–H and O–H groups in total. The fourth-order valence-electron chi connectivity index (χ4n) is 3.58. The van der Waals surface area contributed by atoms with Crippen molar-refractivity contribution in [3.63, 3.8) is 0 Å². The number of piperazine rings is 1. The van der Waals surface area contributed by atoms with Crippen molar-refractivity contribution in [1.82, 2.24) is 19.6 Å². The van der Waals surface area contributed by atoms with E-state index in [0.717, 1.165) is 50.3 Å². The van der Waals surface area contributed by atoms with Crippen molar-refractivity contribution >= 4 is 10.9 Å². The van der Waals surface area contributed by atoms with Gasteiger partial charge in [0.15, 0.2) is 0 Å². The summed E-state index contributed by atoms with van der Waals surface area (Å²) in [5.74, 6) is 0. The van der Waals surface area contributed by atoms with Gasteiger partial charge in [0.1, 0.15) is 0 Å². The molecule has 0 radical (unpaired) electrons. The van der Waals surface area contributed by atoms with Crippen molar-refractivity contribution in [2.75, 3.05) is 26.2 Å². The molecule has 2 aromatic carbocycles. The lowest BCUT2D eigenvalue weighted by atomic mass is 10.1. The minimum Gasteiger partial charge on any atom is -0.297 e. The first-order valence-electron chi connectivity index (χ1n) is 9.15. The lowest BCUT2D eigenvalue weighted by molar-refractivity contribution is 0.0998. The number of rotatable bonds is 4. The standard InChI is InChI=1S/C21H24N4O/c1-17-6-2-3-7-18(17)15-23-10-12-24(13-11-23)16-25-20-9-5-4-8-19(20)21(26)14-22-25/h2-9,14H,10-13,15-16H2,1H3. The predicted molar refractivity (Wildman–Crippen MR) is 104 cm³/mol. The quantitative estimate of drug-likeness (QED) is 0.726. The maximum absolute atomic E-state index is 12.0. The highest BCUT2D eigenvalue weighted by Gasteiger charge is 2.18. The van der Waals surface area contributed by atoms with Gasteiger partial charge < -0.3 is 0 Å². The Hall–Kier alpha value is -2.50. The van der Waals surface area contributed by atoms with Gasteiger partial charge in [-0.3, -0.25) is 19.3 Å². The number of hydrogen-bond donors (Lipinski definition) is 0. The first-order chi connectivity index (χ1) is 12.7. The van der Waals surface area contributed by atoms with Crippen molar-refractivity contribution < 1.29 is 0 Å². The molecule has 0 saturated carbocycles. The first-order valence-corrected chi connectivity index (χ1v) is 9.15. The smallest absolute Gasteiger partial charge is 0.207 e. The van der Waals surface area contributed by atoms with Gasteiger partial charge in [-0.2, -0.15) is 5.10 Å². The van der Waals surface area contributed by atoms with E-state index in [4.69, 9.17) is 0 Å². The zero-order valence-electron chi connectivity index (χ0n) is 15.1. The topological polar surface area (TPSA) is 41.4 Å². The van der Waals surface area contributed by atoms with Gasteiger partial charge in [0.25, 0.3) is 0 Å². The Morgan fingerprint density at radius 3 is 2.42 bits per heavy atom. The average Bonchev–Trinajstić information content (AvgIpc) is 2.67. The molecule has 1 aliphatic rings. The molecule has 0 bridgehead atoms. The summed E-state index contributed by atoms with van der Waals surface area (Å²) < 4.78 is 1.94. The first kappa shape index (κ1) is 16.9. The fraction of sp³-hybridized carbons (Fsp3) is 0.333. The molecule has 26 heavy (non-hydrogen) atoms. The zero-order valence-corrected chi connectivity index (χ0v) is 15.1. The molecule has 0 unspecified atom stereocenters. The molecule has 1 aromatic heterocycles. The minimum atomic E-state index is -0.0140. The third-order valence-corrected chi connectivity index (χ3v) is 5.22. The predicted octanol–water partition coefficient (Wildman–Crippen LogP) is 2.48. The van der Waals surface area contributed by atoms with Crippen LogP contribution in [0.5, 0.6) is 0 Å². The second kappa shape index (κ2) is 7.40. The van der Waals surface area contributed by atoms with Crippen LogP contribution in [-0.4, -0.2) is 45.8 Å². The Balaban J connectivity index is 1.41. The van der Waals surface area contributed by atoms with Gasteiger partial charge in [0.05, 0.1) is 18.4 Å². The van der Waals surface area contributed by atoms with Crippen LogP contribution in [0, 0.1) is 6.92 Å². The highest BCUT2D eigenvalue weighted by molar-refractivity contribution is 5.77. The fourth-order valence-corrected chi connectivity index (χ4v) is 3.58. The van der Waals surface area contributed by atoms with E-state index in [0.29, 0.717) is 0 Å². The summed E-state index contributed by atoms with van der Waals surface area (Å²) in [6.45, 7) is 8.03. The van der Waals surface area contributed by atoms with Gasteiger partial charge in [-0.05, 0) is 30.2 Å². The van der Waals surface area contributed by atoms with Crippen LogP contribution < -0.4 is 5.43 Å². The molecule has 1 saturated heterocycles. The molecule has 1 aliphatic heterocycles. The monoisotopic (exact) mass is 348 g/mol. The molecule has 0 spiro atoms. The number of benzene rings is 2. The van der Waals surface area contributed by atoms with E-state index >= 15 is 0 Å². The Bertz CT molecular complexity index is 957. The molecule has 134 valence electrons. The molecule has 5 nitrogen and oxygen atoms in total. The van der Waals surface area contributed by atoms with Gasteiger partial charge in [-0.25, -0.2) is 0 Å². The van der Waals surface area contributed by atoms with E-state index in [9.17, 15) is 4.79 Å². The number of aromatic nitrogens is 2. The third kappa shape index (κ3) is 3.54. The van der Waals surface area contributed by atoms with E-state index < -0.39 is 0 Å². The van der Waals surface area contributed by atoms with E-state index in [1.807, 2.05) is 28.9 Å². The van der Waals surface area contributed by atoms with Crippen LogP contribution in [-0.2, 0) is 13.2 Å². The molecule has 5 heteroatoms. The van der Waals surface area contributed by atoms with Gasteiger partial charge in [0.2, 0.25) is 5.43 Å². The Morgan fingerprint density at radius 2 is 1.62 bits per heavy atom. The zero-order chi connectivity index (χ0) is 17.9. The van der Waals surface area contributed by atoms with E-state index in [1.165, 1.54) is 17.3 Å². The molecule has 0 atom stereocenters. The Kier molecular flexibility index (Phi) is 4.82. The summed E-state index contributed by atoms with van der Waals surface area (Å²) in [6.07, 6.45) is 1.43. The van der Waals surface area contributed by atoms with Crippen LogP contribution in [0.2, 0.25) is 0 Å². The van der Waals surface area contributed by atoms with Crippen molar-refractivity contribution in [1.29, 1.82) is 0 Å².